The van der Waals surface area contributed by atoms with E-state index in [2.05, 4.69) is 29.3 Å². The van der Waals surface area contributed by atoms with Crippen molar-refractivity contribution in [1.82, 2.24) is 10.2 Å². The molecule has 0 saturated carbocycles. The van der Waals surface area contributed by atoms with Crippen LogP contribution in [0.15, 0.2) is 29.3 Å². The molecule has 0 radical (unpaired) electrons. The van der Waals surface area contributed by atoms with Crippen molar-refractivity contribution < 1.29 is 14.2 Å². The van der Waals surface area contributed by atoms with Crippen LogP contribution in [-0.4, -0.2) is 63.0 Å². The Morgan fingerprint density at radius 2 is 2.00 bits per heavy atom. The SMILES string of the molecule is CCNC(=NCc1cccc(OC(C)C)c1)N1CCC(OCCCOC)CC1.I. The van der Waals surface area contributed by atoms with Gasteiger partial charge in [0.05, 0.1) is 18.8 Å². The Labute approximate surface area is 193 Å². The molecule has 0 aliphatic carbocycles. The van der Waals surface area contributed by atoms with Gasteiger partial charge in [-0.1, -0.05) is 12.1 Å². The van der Waals surface area contributed by atoms with Crippen molar-refractivity contribution in [1.29, 1.82) is 0 Å². The van der Waals surface area contributed by atoms with Crippen LogP contribution in [0.2, 0.25) is 0 Å². The van der Waals surface area contributed by atoms with Crippen LogP contribution in [0, 0.1) is 0 Å². The lowest BCUT2D eigenvalue weighted by molar-refractivity contribution is 0.00990. The zero-order chi connectivity index (χ0) is 20.2. The van der Waals surface area contributed by atoms with Crippen molar-refractivity contribution in [2.75, 3.05) is 40.0 Å². The van der Waals surface area contributed by atoms with E-state index in [0.717, 1.165) is 69.4 Å². The average Bonchev–Trinajstić information content (AvgIpc) is 2.69. The Hall–Kier alpha value is -1.06. The van der Waals surface area contributed by atoms with Gasteiger partial charge < -0.3 is 24.4 Å². The van der Waals surface area contributed by atoms with Crippen molar-refractivity contribution >= 4 is 29.9 Å². The van der Waals surface area contributed by atoms with Gasteiger partial charge in [-0.3, -0.25) is 0 Å². The molecule has 0 aromatic heterocycles. The van der Waals surface area contributed by atoms with Crippen LogP contribution in [-0.2, 0) is 16.0 Å². The van der Waals surface area contributed by atoms with E-state index in [4.69, 9.17) is 19.2 Å². The van der Waals surface area contributed by atoms with Gasteiger partial charge in [-0.25, -0.2) is 4.99 Å². The summed E-state index contributed by atoms with van der Waals surface area (Å²) in [5, 5.41) is 3.43. The van der Waals surface area contributed by atoms with Crippen molar-refractivity contribution in [3.63, 3.8) is 0 Å². The molecule has 1 heterocycles. The van der Waals surface area contributed by atoms with Crippen LogP contribution in [0.1, 0.15) is 45.6 Å². The molecule has 0 atom stereocenters. The quantitative estimate of drug-likeness (QED) is 0.219. The summed E-state index contributed by atoms with van der Waals surface area (Å²) in [7, 11) is 1.73. The minimum Gasteiger partial charge on any atom is -0.491 e. The van der Waals surface area contributed by atoms with Crippen molar-refractivity contribution in [2.45, 2.75) is 58.8 Å². The summed E-state index contributed by atoms with van der Waals surface area (Å²) in [6.45, 7) is 11.2. The molecule has 1 aliphatic rings. The molecular formula is C22H38IN3O3. The fourth-order valence-corrected chi connectivity index (χ4v) is 3.27. The van der Waals surface area contributed by atoms with Crippen LogP contribution < -0.4 is 10.1 Å². The van der Waals surface area contributed by atoms with Crippen molar-refractivity contribution in [3.8, 4) is 5.75 Å². The number of benzene rings is 1. The van der Waals surface area contributed by atoms with Crippen LogP contribution in [0.5, 0.6) is 5.75 Å². The summed E-state index contributed by atoms with van der Waals surface area (Å²) in [6.07, 6.45) is 3.56. The van der Waals surface area contributed by atoms with Gasteiger partial charge in [-0.05, 0) is 57.7 Å². The van der Waals surface area contributed by atoms with E-state index in [1.54, 1.807) is 7.11 Å². The van der Waals surface area contributed by atoms with Gasteiger partial charge in [0.15, 0.2) is 5.96 Å². The number of aliphatic imine (C=N–C) groups is 1. The van der Waals surface area contributed by atoms with Gasteiger partial charge in [-0.15, -0.1) is 24.0 Å². The monoisotopic (exact) mass is 519 g/mol. The van der Waals surface area contributed by atoms with Gasteiger partial charge in [0.1, 0.15) is 5.75 Å². The van der Waals surface area contributed by atoms with E-state index < -0.39 is 0 Å². The van der Waals surface area contributed by atoms with Gasteiger partial charge in [0.25, 0.3) is 0 Å². The number of nitrogens with zero attached hydrogens (tertiary/aromatic N) is 2. The van der Waals surface area contributed by atoms with Crippen LogP contribution in [0.25, 0.3) is 0 Å². The average molecular weight is 519 g/mol. The summed E-state index contributed by atoms with van der Waals surface area (Å²) in [4.78, 5) is 7.20. The molecule has 1 aliphatic heterocycles. The number of hydrogen-bond acceptors (Lipinski definition) is 4. The first-order valence-electron chi connectivity index (χ1n) is 10.5. The fraction of sp³-hybridized carbons (Fsp3) is 0.682. The smallest absolute Gasteiger partial charge is 0.194 e. The Balaban J connectivity index is 0.00000420. The number of rotatable bonds is 10. The zero-order valence-corrected chi connectivity index (χ0v) is 20.7. The largest absolute Gasteiger partial charge is 0.491 e. The zero-order valence-electron chi connectivity index (χ0n) is 18.4. The third-order valence-electron chi connectivity index (χ3n) is 4.60. The predicted molar refractivity (Wildman–Crippen MR) is 129 cm³/mol. The molecule has 6 nitrogen and oxygen atoms in total. The van der Waals surface area contributed by atoms with Crippen molar-refractivity contribution in [3.05, 3.63) is 29.8 Å². The molecule has 0 amide bonds. The van der Waals surface area contributed by atoms with Gasteiger partial charge in [0, 0.05) is 40.0 Å². The maximum Gasteiger partial charge on any atom is 0.194 e. The molecule has 166 valence electrons. The molecule has 0 spiro atoms. The summed E-state index contributed by atoms with van der Waals surface area (Å²) in [5.41, 5.74) is 1.16. The highest BCUT2D eigenvalue weighted by Crippen LogP contribution is 2.17. The second kappa shape index (κ2) is 14.8. The molecule has 1 saturated heterocycles. The Morgan fingerprint density at radius 3 is 2.66 bits per heavy atom. The van der Waals surface area contributed by atoms with E-state index >= 15 is 0 Å². The van der Waals surface area contributed by atoms with E-state index in [9.17, 15) is 0 Å². The van der Waals surface area contributed by atoms with Gasteiger partial charge >= 0.3 is 0 Å². The lowest BCUT2D eigenvalue weighted by Gasteiger charge is -2.34. The number of nitrogens with one attached hydrogen (secondary N) is 1. The molecule has 2 rings (SSSR count). The molecule has 0 unspecified atom stereocenters. The first-order chi connectivity index (χ1) is 13.6. The number of hydrogen-bond donors (Lipinski definition) is 1. The minimum absolute atomic E-state index is 0. The number of likely N-dealkylation sites (tertiary alicyclic amines) is 1. The molecule has 1 aromatic rings. The number of ether oxygens (including phenoxy) is 3. The first kappa shape index (κ1) is 26.0. The molecule has 29 heavy (non-hydrogen) atoms. The van der Waals surface area contributed by atoms with E-state index in [0.29, 0.717) is 12.6 Å². The minimum atomic E-state index is 0. The standard InChI is InChI=1S/C22H37N3O3.HI/c1-5-23-22(24-17-19-8-6-9-21(16-19)28-18(2)3)25-12-10-20(11-13-25)27-15-7-14-26-4;/h6,8-9,16,18,20H,5,7,10-15,17H2,1-4H3,(H,23,24);1H. The van der Waals surface area contributed by atoms with Gasteiger partial charge in [-0.2, -0.15) is 0 Å². The van der Waals surface area contributed by atoms with Crippen LogP contribution >= 0.6 is 24.0 Å². The summed E-state index contributed by atoms with van der Waals surface area (Å²) >= 11 is 0. The highest BCUT2D eigenvalue weighted by molar-refractivity contribution is 14.0. The molecule has 1 N–H and O–H groups in total. The summed E-state index contributed by atoms with van der Waals surface area (Å²) in [6, 6.07) is 8.20. The molecular weight excluding hydrogens is 481 g/mol. The van der Waals surface area contributed by atoms with E-state index in [1.807, 2.05) is 26.0 Å². The second-order valence-electron chi connectivity index (χ2n) is 7.39. The molecule has 7 heteroatoms. The third kappa shape index (κ3) is 10.00. The second-order valence-corrected chi connectivity index (χ2v) is 7.39. The highest BCUT2D eigenvalue weighted by atomic mass is 127. The normalized spacial score (nSPS) is 15.3. The Kier molecular flexibility index (Phi) is 13.3. The maximum absolute atomic E-state index is 5.97. The van der Waals surface area contributed by atoms with Gasteiger partial charge in [0.2, 0.25) is 0 Å². The van der Waals surface area contributed by atoms with Crippen LogP contribution in [0.3, 0.4) is 0 Å². The number of piperidine rings is 1. The van der Waals surface area contributed by atoms with Crippen LogP contribution in [0.4, 0.5) is 0 Å². The van der Waals surface area contributed by atoms with Crippen molar-refractivity contribution in [2.24, 2.45) is 4.99 Å². The molecule has 1 fully saturated rings. The predicted octanol–water partition coefficient (Wildman–Crippen LogP) is 4.07. The molecule has 0 bridgehead atoms. The van der Waals surface area contributed by atoms with E-state index in [-0.39, 0.29) is 30.1 Å². The van der Waals surface area contributed by atoms with E-state index in [1.165, 1.54) is 0 Å². The first-order valence-corrected chi connectivity index (χ1v) is 10.5. The Bertz CT molecular complexity index is 590. The fourth-order valence-electron chi connectivity index (χ4n) is 3.27. The maximum atomic E-state index is 5.97. The number of guanidine groups is 1. The third-order valence-corrected chi connectivity index (χ3v) is 4.60. The lowest BCUT2D eigenvalue weighted by Crippen LogP contribution is -2.47. The topological polar surface area (TPSA) is 55.3 Å². The highest BCUT2D eigenvalue weighted by Gasteiger charge is 2.21. The molecule has 1 aromatic carbocycles. The summed E-state index contributed by atoms with van der Waals surface area (Å²) in [5.74, 6) is 1.88. The Morgan fingerprint density at radius 1 is 1.24 bits per heavy atom. The lowest BCUT2D eigenvalue weighted by atomic mass is 10.1. The number of methoxy groups -OCH3 is 1. The summed E-state index contributed by atoms with van der Waals surface area (Å²) < 4.78 is 16.8. The number of halogens is 1.